The highest BCUT2D eigenvalue weighted by molar-refractivity contribution is 5.88. The van der Waals surface area contributed by atoms with E-state index in [1.807, 2.05) is 6.92 Å². The number of ketones is 1. The Kier molecular flexibility index (Phi) is 5.10. The van der Waals surface area contributed by atoms with E-state index in [-0.39, 0.29) is 35.5 Å². The van der Waals surface area contributed by atoms with Gasteiger partial charge in [0, 0.05) is 18.4 Å². The molecular weight excluding hydrogens is 346 g/mol. The Hall–Kier alpha value is -2.24. The zero-order valence-electron chi connectivity index (χ0n) is 16.9. The Morgan fingerprint density at radius 3 is 2.26 bits per heavy atom. The van der Waals surface area contributed by atoms with Gasteiger partial charge in [-0.25, -0.2) is 0 Å². The molecule has 3 rings (SSSR count). The maximum atomic E-state index is 12.6. The van der Waals surface area contributed by atoms with Crippen LogP contribution in [-0.4, -0.2) is 39.1 Å². The topological polar surface area (TPSA) is 73.9 Å². The summed E-state index contributed by atoms with van der Waals surface area (Å²) in [6, 6.07) is 3.38. The lowest BCUT2D eigenvalue weighted by Crippen LogP contribution is -2.42. The highest BCUT2D eigenvalue weighted by Gasteiger charge is 2.67. The van der Waals surface area contributed by atoms with Crippen molar-refractivity contribution in [1.29, 1.82) is 0 Å². The molecule has 6 heteroatoms. The zero-order valence-corrected chi connectivity index (χ0v) is 16.9. The van der Waals surface area contributed by atoms with E-state index in [2.05, 4.69) is 19.2 Å². The number of amides is 1. The largest absolute Gasteiger partial charge is 0.493 e. The Labute approximate surface area is 160 Å². The van der Waals surface area contributed by atoms with Crippen molar-refractivity contribution < 1.29 is 23.8 Å². The van der Waals surface area contributed by atoms with Gasteiger partial charge in [0.2, 0.25) is 11.7 Å². The molecule has 2 fully saturated rings. The quantitative estimate of drug-likeness (QED) is 0.793. The molecule has 27 heavy (non-hydrogen) atoms. The van der Waals surface area contributed by atoms with Crippen LogP contribution in [0.15, 0.2) is 12.1 Å². The van der Waals surface area contributed by atoms with Crippen molar-refractivity contribution in [2.24, 2.45) is 23.2 Å². The van der Waals surface area contributed by atoms with Crippen molar-refractivity contribution >= 4 is 11.7 Å². The number of benzene rings is 1. The molecule has 1 amide bonds. The van der Waals surface area contributed by atoms with Gasteiger partial charge in [-0.05, 0) is 41.9 Å². The molecule has 0 bridgehead atoms. The summed E-state index contributed by atoms with van der Waals surface area (Å²) in [5, 5.41) is 3.03. The van der Waals surface area contributed by atoms with E-state index < -0.39 is 0 Å². The van der Waals surface area contributed by atoms with Gasteiger partial charge in [0.15, 0.2) is 11.5 Å². The molecule has 1 aromatic carbocycles. The molecule has 0 aliphatic heterocycles. The number of nitrogens with one attached hydrogen (secondary N) is 1. The third-order valence-electron chi connectivity index (χ3n) is 6.34. The Morgan fingerprint density at radius 2 is 1.78 bits per heavy atom. The minimum absolute atomic E-state index is 0.0751. The van der Waals surface area contributed by atoms with Crippen molar-refractivity contribution in [1.82, 2.24) is 5.32 Å². The second-order valence-corrected chi connectivity index (χ2v) is 8.22. The second-order valence-electron chi connectivity index (χ2n) is 8.22. The summed E-state index contributed by atoms with van der Waals surface area (Å²) in [6.45, 7) is 6.37. The van der Waals surface area contributed by atoms with Crippen LogP contribution < -0.4 is 19.5 Å². The first-order chi connectivity index (χ1) is 12.7. The Bertz CT molecular complexity index is 732. The normalized spacial score (nSPS) is 26.1. The van der Waals surface area contributed by atoms with Gasteiger partial charge < -0.3 is 19.5 Å². The maximum absolute atomic E-state index is 12.6. The fraction of sp³-hybridized carbons (Fsp3) is 0.619. The molecule has 148 valence electrons. The molecule has 4 atom stereocenters. The van der Waals surface area contributed by atoms with Crippen LogP contribution in [0.5, 0.6) is 17.2 Å². The molecule has 0 spiro atoms. The molecule has 0 radical (unpaired) electrons. The van der Waals surface area contributed by atoms with E-state index in [0.717, 1.165) is 5.56 Å². The second kappa shape index (κ2) is 7.06. The highest BCUT2D eigenvalue weighted by atomic mass is 16.5. The van der Waals surface area contributed by atoms with E-state index in [9.17, 15) is 9.59 Å². The van der Waals surface area contributed by atoms with Gasteiger partial charge in [0.1, 0.15) is 5.78 Å². The van der Waals surface area contributed by atoms with Gasteiger partial charge in [0.05, 0.1) is 27.8 Å². The lowest BCUT2D eigenvalue weighted by molar-refractivity contribution is -0.125. The lowest BCUT2D eigenvalue weighted by atomic mass is 9.87. The summed E-state index contributed by atoms with van der Waals surface area (Å²) in [4.78, 5) is 24.9. The summed E-state index contributed by atoms with van der Waals surface area (Å²) in [5.41, 5.74) is 0.977. The number of hydrogen-bond acceptors (Lipinski definition) is 5. The molecule has 0 heterocycles. The molecule has 1 N–H and O–H groups in total. The molecular formula is C21H29NO5. The van der Waals surface area contributed by atoms with Crippen LogP contribution in [0.3, 0.4) is 0 Å². The van der Waals surface area contributed by atoms with Crippen LogP contribution in [0.25, 0.3) is 0 Å². The third kappa shape index (κ3) is 3.37. The summed E-state index contributed by atoms with van der Waals surface area (Å²) in [7, 11) is 4.63. The SMILES string of the molecule is COc1cc(CC(=O)NC(C)C2C(=O)CC3C2C3(C)C)cc(OC)c1OC. The van der Waals surface area contributed by atoms with Crippen molar-refractivity contribution in [3.05, 3.63) is 17.7 Å². The molecule has 0 saturated heterocycles. The summed E-state index contributed by atoms with van der Waals surface area (Å²) in [5.74, 6) is 2.48. The molecule has 0 aromatic heterocycles. The summed E-state index contributed by atoms with van der Waals surface area (Å²) < 4.78 is 16.0. The first-order valence-electron chi connectivity index (χ1n) is 9.35. The molecule has 4 unspecified atom stereocenters. The van der Waals surface area contributed by atoms with Crippen molar-refractivity contribution in [2.75, 3.05) is 21.3 Å². The predicted molar refractivity (Wildman–Crippen MR) is 101 cm³/mol. The first kappa shape index (κ1) is 19.5. The van der Waals surface area contributed by atoms with E-state index in [4.69, 9.17) is 14.2 Å². The number of rotatable bonds is 7. The molecule has 6 nitrogen and oxygen atoms in total. The minimum Gasteiger partial charge on any atom is -0.493 e. The summed E-state index contributed by atoms with van der Waals surface area (Å²) in [6.07, 6.45) is 0.828. The van der Waals surface area contributed by atoms with Crippen LogP contribution in [0, 0.1) is 23.2 Å². The minimum atomic E-state index is -0.163. The Balaban J connectivity index is 1.68. The van der Waals surface area contributed by atoms with Gasteiger partial charge in [-0.15, -0.1) is 0 Å². The molecule has 2 saturated carbocycles. The molecule has 2 aliphatic rings. The average molecular weight is 375 g/mol. The maximum Gasteiger partial charge on any atom is 0.224 e. The standard InChI is InChI=1S/C21H29NO5/c1-11(18-14(23)10-13-19(18)21(13,2)3)22-17(24)9-12-7-15(25-4)20(27-6)16(8-12)26-5/h7-8,11,13,18-19H,9-10H2,1-6H3,(H,22,24). The predicted octanol–water partition coefficient (Wildman–Crippen LogP) is 2.62. The molecule has 1 aromatic rings. The number of carbonyl (C=O) groups is 2. The van der Waals surface area contributed by atoms with E-state index >= 15 is 0 Å². The van der Waals surface area contributed by atoms with Crippen molar-refractivity contribution in [3.63, 3.8) is 0 Å². The lowest BCUT2D eigenvalue weighted by Gasteiger charge is -2.24. The molecule has 2 aliphatic carbocycles. The number of methoxy groups -OCH3 is 3. The Morgan fingerprint density at radius 1 is 1.19 bits per heavy atom. The highest BCUT2D eigenvalue weighted by Crippen LogP contribution is 2.68. The van der Waals surface area contributed by atoms with Gasteiger partial charge in [-0.1, -0.05) is 13.8 Å². The van der Waals surface area contributed by atoms with Crippen LogP contribution in [0.1, 0.15) is 32.8 Å². The number of Topliss-reactive ketones (excluding diaryl/α,β-unsaturated/α-hetero) is 1. The average Bonchev–Trinajstić information content (AvgIpc) is 2.96. The van der Waals surface area contributed by atoms with Crippen molar-refractivity contribution in [2.45, 2.75) is 39.7 Å². The van der Waals surface area contributed by atoms with Crippen molar-refractivity contribution in [3.8, 4) is 17.2 Å². The fourth-order valence-corrected chi connectivity index (χ4v) is 4.85. The van der Waals surface area contributed by atoms with E-state index in [1.165, 1.54) is 0 Å². The van der Waals surface area contributed by atoms with Gasteiger partial charge in [-0.2, -0.15) is 0 Å². The summed E-state index contributed by atoms with van der Waals surface area (Å²) >= 11 is 0. The van der Waals surface area contributed by atoms with Crippen LogP contribution >= 0.6 is 0 Å². The van der Waals surface area contributed by atoms with Crippen LogP contribution in [0.2, 0.25) is 0 Å². The smallest absolute Gasteiger partial charge is 0.224 e. The van der Waals surface area contributed by atoms with Gasteiger partial charge >= 0.3 is 0 Å². The van der Waals surface area contributed by atoms with Gasteiger partial charge in [0.25, 0.3) is 0 Å². The monoisotopic (exact) mass is 375 g/mol. The number of carbonyl (C=O) groups excluding carboxylic acids is 2. The zero-order chi connectivity index (χ0) is 19.9. The van der Waals surface area contributed by atoms with Crippen LogP contribution in [-0.2, 0) is 16.0 Å². The first-order valence-corrected chi connectivity index (χ1v) is 9.35. The third-order valence-corrected chi connectivity index (χ3v) is 6.34. The van der Waals surface area contributed by atoms with E-state index in [1.54, 1.807) is 33.5 Å². The van der Waals surface area contributed by atoms with E-state index in [0.29, 0.717) is 35.5 Å². The fourth-order valence-electron chi connectivity index (χ4n) is 4.85. The number of fused-ring (bicyclic) bond motifs is 1. The number of ether oxygens (including phenoxy) is 3. The number of hydrogen-bond donors (Lipinski definition) is 1. The van der Waals surface area contributed by atoms with Gasteiger partial charge in [-0.3, -0.25) is 9.59 Å². The van der Waals surface area contributed by atoms with Crippen LogP contribution in [0.4, 0.5) is 0 Å².